The molecule has 0 spiro atoms. The summed E-state index contributed by atoms with van der Waals surface area (Å²) in [5, 5.41) is 6.10. The Balaban J connectivity index is 2.43. The van der Waals surface area contributed by atoms with E-state index >= 15 is 0 Å². The number of nitrogens with one attached hydrogen (secondary N) is 2. The van der Waals surface area contributed by atoms with Crippen molar-refractivity contribution in [2.75, 3.05) is 11.9 Å². The normalized spacial score (nSPS) is 10.8. The number of amides is 1. The number of hydrogen-bond acceptors (Lipinski definition) is 2. The van der Waals surface area contributed by atoms with Crippen LogP contribution in [0, 0.1) is 12.3 Å². The summed E-state index contributed by atoms with van der Waals surface area (Å²) in [5.41, 5.74) is 1.54. The molecule has 0 radical (unpaired) electrons. The van der Waals surface area contributed by atoms with E-state index in [1.807, 2.05) is 18.2 Å². The van der Waals surface area contributed by atoms with E-state index in [2.05, 4.69) is 37.3 Å². The van der Waals surface area contributed by atoms with E-state index in [9.17, 15) is 4.79 Å². The minimum atomic E-state index is -0.0130. The van der Waals surface area contributed by atoms with Crippen LogP contribution < -0.4 is 10.6 Å². The van der Waals surface area contributed by atoms with Gasteiger partial charge < -0.3 is 10.6 Å². The van der Waals surface area contributed by atoms with E-state index in [0.717, 1.165) is 11.3 Å². The van der Waals surface area contributed by atoms with E-state index in [1.165, 1.54) is 0 Å². The van der Waals surface area contributed by atoms with Gasteiger partial charge in [0.25, 0.3) is 0 Å². The Hall–Kier alpha value is -1.79. The Morgan fingerprint density at radius 2 is 2.11 bits per heavy atom. The van der Waals surface area contributed by atoms with Crippen LogP contribution in [0.4, 0.5) is 5.69 Å². The summed E-state index contributed by atoms with van der Waals surface area (Å²) in [7, 11) is 0. The van der Waals surface area contributed by atoms with Crippen LogP contribution in [0.5, 0.6) is 0 Å². The van der Waals surface area contributed by atoms with Crippen LogP contribution in [0.1, 0.15) is 32.8 Å². The van der Waals surface area contributed by atoms with Crippen LogP contribution in [0.15, 0.2) is 24.3 Å². The molecule has 96 valence electrons. The summed E-state index contributed by atoms with van der Waals surface area (Å²) in [5.74, 6) is 2.53. The fourth-order valence-corrected chi connectivity index (χ4v) is 1.46. The number of rotatable bonds is 4. The van der Waals surface area contributed by atoms with Gasteiger partial charge >= 0.3 is 0 Å². The molecule has 2 N–H and O–H groups in total. The Morgan fingerprint density at radius 3 is 2.72 bits per heavy atom. The number of carbonyl (C=O) groups excluding carboxylic acids is 1. The molecule has 1 rings (SSSR count). The number of hydrogen-bond donors (Lipinski definition) is 2. The fourth-order valence-electron chi connectivity index (χ4n) is 1.46. The molecule has 1 amide bonds. The molecular formula is C15H20N2O. The van der Waals surface area contributed by atoms with E-state index in [0.29, 0.717) is 13.0 Å². The van der Waals surface area contributed by atoms with Gasteiger partial charge in [0.1, 0.15) is 0 Å². The van der Waals surface area contributed by atoms with Crippen molar-refractivity contribution >= 4 is 11.6 Å². The molecule has 0 bridgehead atoms. The van der Waals surface area contributed by atoms with Crippen molar-refractivity contribution in [3.8, 4) is 12.3 Å². The quantitative estimate of drug-likeness (QED) is 0.798. The van der Waals surface area contributed by atoms with Crippen molar-refractivity contribution in [3.63, 3.8) is 0 Å². The fraction of sp³-hybridized carbons (Fsp3) is 0.400. The minimum absolute atomic E-state index is 0.0130. The smallest absolute Gasteiger partial charge is 0.225 e. The third kappa shape index (κ3) is 5.51. The highest BCUT2D eigenvalue weighted by molar-refractivity contribution is 5.90. The monoisotopic (exact) mass is 244 g/mol. The van der Waals surface area contributed by atoms with Crippen LogP contribution in [0.3, 0.4) is 0 Å². The molecule has 0 aliphatic heterocycles. The van der Waals surface area contributed by atoms with Crippen LogP contribution in [-0.2, 0) is 4.79 Å². The standard InChI is InChI=1S/C15H20N2O/c1-5-12-7-6-8-13(11-12)17-14(18)9-10-16-15(2,3)4/h1,6-8,11,16H,9-10H2,2-4H3,(H,17,18). The zero-order valence-corrected chi connectivity index (χ0v) is 11.2. The number of anilines is 1. The van der Waals surface area contributed by atoms with Gasteiger partial charge in [-0.1, -0.05) is 12.0 Å². The van der Waals surface area contributed by atoms with Crippen molar-refractivity contribution in [1.29, 1.82) is 0 Å². The summed E-state index contributed by atoms with van der Waals surface area (Å²) in [6, 6.07) is 7.28. The topological polar surface area (TPSA) is 41.1 Å². The predicted molar refractivity (Wildman–Crippen MR) is 75.4 cm³/mol. The largest absolute Gasteiger partial charge is 0.326 e. The molecule has 0 unspecified atom stereocenters. The summed E-state index contributed by atoms with van der Waals surface area (Å²) in [6.07, 6.45) is 5.75. The van der Waals surface area contributed by atoms with Gasteiger partial charge in [-0.2, -0.15) is 0 Å². The third-order valence-electron chi connectivity index (χ3n) is 2.32. The van der Waals surface area contributed by atoms with Crippen LogP contribution in [0.25, 0.3) is 0 Å². The van der Waals surface area contributed by atoms with E-state index in [-0.39, 0.29) is 11.4 Å². The molecule has 1 aromatic rings. The van der Waals surface area contributed by atoms with Crippen molar-refractivity contribution in [2.24, 2.45) is 0 Å². The maximum Gasteiger partial charge on any atom is 0.225 e. The molecule has 0 fully saturated rings. The summed E-state index contributed by atoms with van der Waals surface area (Å²) >= 11 is 0. The first-order chi connectivity index (χ1) is 8.40. The maximum atomic E-state index is 11.7. The lowest BCUT2D eigenvalue weighted by atomic mass is 10.1. The molecule has 0 aliphatic rings. The highest BCUT2D eigenvalue weighted by Crippen LogP contribution is 2.10. The molecule has 18 heavy (non-hydrogen) atoms. The lowest BCUT2D eigenvalue weighted by Gasteiger charge is -2.20. The molecule has 0 atom stereocenters. The molecule has 0 aliphatic carbocycles. The molecule has 1 aromatic carbocycles. The summed E-state index contributed by atoms with van der Waals surface area (Å²) < 4.78 is 0. The molecule has 0 aromatic heterocycles. The average Bonchev–Trinajstić information content (AvgIpc) is 2.27. The molecular weight excluding hydrogens is 224 g/mol. The lowest BCUT2D eigenvalue weighted by Crippen LogP contribution is -2.37. The van der Waals surface area contributed by atoms with Crippen molar-refractivity contribution in [2.45, 2.75) is 32.7 Å². The van der Waals surface area contributed by atoms with Gasteiger partial charge in [0, 0.05) is 29.8 Å². The van der Waals surface area contributed by atoms with Crippen molar-refractivity contribution in [1.82, 2.24) is 5.32 Å². The van der Waals surface area contributed by atoms with Gasteiger partial charge in [-0.3, -0.25) is 4.79 Å². The Bertz CT molecular complexity index is 452. The maximum absolute atomic E-state index is 11.7. The minimum Gasteiger partial charge on any atom is -0.326 e. The summed E-state index contributed by atoms with van der Waals surface area (Å²) in [4.78, 5) is 11.7. The third-order valence-corrected chi connectivity index (χ3v) is 2.32. The van der Waals surface area contributed by atoms with Crippen molar-refractivity contribution < 1.29 is 4.79 Å². The molecule has 0 saturated carbocycles. The first-order valence-corrected chi connectivity index (χ1v) is 6.02. The van der Waals surface area contributed by atoms with Gasteiger partial charge in [0.2, 0.25) is 5.91 Å². The van der Waals surface area contributed by atoms with E-state index in [1.54, 1.807) is 6.07 Å². The van der Waals surface area contributed by atoms with Gasteiger partial charge in [-0.15, -0.1) is 6.42 Å². The average molecular weight is 244 g/mol. The summed E-state index contributed by atoms with van der Waals surface area (Å²) in [6.45, 7) is 6.87. The zero-order chi connectivity index (χ0) is 13.6. The molecule has 0 saturated heterocycles. The Kier molecular flexibility index (Phi) is 4.94. The highest BCUT2D eigenvalue weighted by Gasteiger charge is 2.09. The molecule has 3 nitrogen and oxygen atoms in total. The molecule has 0 heterocycles. The number of benzene rings is 1. The Morgan fingerprint density at radius 1 is 1.39 bits per heavy atom. The van der Waals surface area contributed by atoms with Gasteiger partial charge in [-0.05, 0) is 39.0 Å². The van der Waals surface area contributed by atoms with Crippen LogP contribution in [0.2, 0.25) is 0 Å². The highest BCUT2D eigenvalue weighted by atomic mass is 16.1. The number of terminal acetylenes is 1. The Labute approximate surface area is 109 Å². The van der Waals surface area contributed by atoms with Gasteiger partial charge in [0.15, 0.2) is 0 Å². The van der Waals surface area contributed by atoms with Gasteiger partial charge in [0.05, 0.1) is 0 Å². The van der Waals surface area contributed by atoms with E-state index < -0.39 is 0 Å². The second kappa shape index (κ2) is 6.23. The molecule has 3 heteroatoms. The van der Waals surface area contributed by atoms with E-state index in [4.69, 9.17) is 6.42 Å². The predicted octanol–water partition coefficient (Wildman–Crippen LogP) is 2.38. The lowest BCUT2D eigenvalue weighted by molar-refractivity contribution is -0.116. The van der Waals surface area contributed by atoms with Crippen molar-refractivity contribution in [3.05, 3.63) is 29.8 Å². The SMILES string of the molecule is C#Cc1cccc(NC(=O)CCNC(C)(C)C)c1. The first kappa shape index (κ1) is 14.3. The second-order valence-electron chi connectivity index (χ2n) is 5.20. The van der Waals surface area contributed by atoms with Crippen LogP contribution in [-0.4, -0.2) is 18.0 Å². The van der Waals surface area contributed by atoms with Gasteiger partial charge in [-0.25, -0.2) is 0 Å². The number of carbonyl (C=O) groups is 1. The van der Waals surface area contributed by atoms with Crippen LogP contribution >= 0.6 is 0 Å². The zero-order valence-electron chi connectivity index (χ0n) is 11.2. The second-order valence-corrected chi connectivity index (χ2v) is 5.20. The first-order valence-electron chi connectivity index (χ1n) is 6.02.